The zero-order chi connectivity index (χ0) is 15.0. The van der Waals surface area contributed by atoms with Gasteiger partial charge in [-0.3, -0.25) is 0 Å². The summed E-state index contributed by atoms with van der Waals surface area (Å²) in [5.74, 6) is 0. The summed E-state index contributed by atoms with van der Waals surface area (Å²) < 4.78 is 0. The second-order valence-corrected chi connectivity index (χ2v) is 6.63. The van der Waals surface area contributed by atoms with Crippen molar-refractivity contribution >= 4 is 21.7 Å². The van der Waals surface area contributed by atoms with Crippen LogP contribution in [0.1, 0.15) is 48.6 Å². The molecule has 0 unspecified atom stereocenters. The molecular weight excluding hydrogens is 330 g/mol. The van der Waals surface area contributed by atoms with Crippen LogP contribution in [0.4, 0.5) is 0 Å². The minimum Gasteiger partial charge on any atom is -0.673 e. The molecule has 0 aliphatic rings. The molecule has 0 amide bonds. The second kappa shape index (κ2) is 11.3. The van der Waals surface area contributed by atoms with E-state index >= 15 is 0 Å². The van der Waals surface area contributed by atoms with Crippen molar-refractivity contribution in [1.29, 1.82) is 0 Å². The van der Waals surface area contributed by atoms with Crippen LogP contribution in [0.15, 0.2) is 12.1 Å². The summed E-state index contributed by atoms with van der Waals surface area (Å²) in [4.78, 5) is 0. The molecule has 0 spiro atoms. The van der Waals surface area contributed by atoms with Gasteiger partial charge in [0.15, 0.2) is 0 Å². The monoisotopic (exact) mass is 363 g/mol. The molecule has 2 rings (SSSR count). The van der Waals surface area contributed by atoms with Crippen molar-refractivity contribution in [2.75, 3.05) is 0 Å². The van der Waals surface area contributed by atoms with E-state index in [2.05, 4.69) is 46.8 Å². The summed E-state index contributed by atoms with van der Waals surface area (Å²) >= 11 is 0. The van der Waals surface area contributed by atoms with Gasteiger partial charge in [0.05, 0.1) is 0 Å². The van der Waals surface area contributed by atoms with E-state index < -0.39 is 0 Å². The number of fused-ring (bicyclic) bond motifs is 1. The van der Waals surface area contributed by atoms with Gasteiger partial charge in [0.2, 0.25) is 0 Å². The molecule has 23 heavy (non-hydrogen) atoms. The second-order valence-electron chi connectivity index (χ2n) is 6.63. The molecule has 2 aromatic carbocycles. The largest absolute Gasteiger partial charge is 4.00 e. The molecule has 126 valence electrons. The van der Waals surface area contributed by atoms with E-state index in [1.807, 2.05) is 20.8 Å². The Bertz CT molecular complexity index is 586. The van der Waals surface area contributed by atoms with Crippen LogP contribution in [0.5, 0.6) is 0 Å². The molecule has 0 aliphatic carbocycles. The average molecular weight is 363 g/mol. The van der Waals surface area contributed by atoms with Crippen LogP contribution in [0.2, 0.25) is 0 Å². The quantitative estimate of drug-likeness (QED) is 0.379. The third kappa shape index (κ3) is 8.40. The molecule has 1 N–H and O–H groups in total. The van der Waals surface area contributed by atoms with E-state index in [9.17, 15) is 0 Å². The topological polar surface area (TPSA) is 23.8 Å². The molecule has 0 atom stereocenters. The van der Waals surface area contributed by atoms with Crippen molar-refractivity contribution in [1.82, 2.24) is 0 Å². The van der Waals surface area contributed by atoms with E-state index in [4.69, 9.17) is 5.73 Å². The molecular formula is C20H33NSiTi. The van der Waals surface area contributed by atoms with Crippen LogP contribution < -0.4 is 0 Å². The van der Waals surface area contributed by atoms with Gasteiger partial charge in [-0.15, -0.1) is 33.5 Å². The van der Waals surface area contributed by atoms with Gasteiger partial charge >= 0.3 is 21.7 Å². The third-order valence-electron chi connectivity index (χ3n) is 3.42. The molecule has 0 bridgehead atoms. The number of rotatable bonds is 0. The maximum absolute atomic E-state index is 6.94. The van der Waals surface area contributed by atoms with Crippen molar-refractivity contribution in [2.45, 2.75) is 60.9 Å². The van der Waals surface area contributed by atoms with Crippen molar-refractivity contribution in [3.63, 3.8) is 0 Å². The van der Waals surface area contributed by atoms with E-state index in [0.29, 0.717) is 0 Å². The molecule has 0 heterocycles. The van der Waals surface area contributed by atoms with Gasteiger partial charge in [-0.05, 0) is 13.8 Å². The molecule has 0 fully saturated rings. The summed E-state index contributed by atoms with van der Waals surface area (Å²) in [6, 6.07) is 4.62. The average Bonchev–Trinajstić information content (AvgIpc) is 2.50. The molecule has 2 aromatic rings. The Morgan fingerprint density at radius 3 is 1.65 bits per heavy atom. The van der Waals surface area contributed by atoms with Crippen molar-refractivity contribution in [3.05, 3.63) is 60.5 Å². The predicted molar refractivity (Wildman–Crippen MR) is 106 cm³/mol. The zero-order valence-electron chi connectivity index (χ0n) is 16.7. The molecule has 0 saturated heterocycles. The van der Waals surface area contributed by atoms with Gasteiger partial charge in [0, 0.05) is 11.0 Å². The molecule has 0 aliphatic heterocycles. The molecule has 3 heteroatoms. The Morgan fingerprint density at radius 2 is 1.26 bits per heavy atom. The van der Waals surface area contributed by atoms with Gasteiger partial charge < -0.3 is 20.6 Å². The van der Waals surface area contributed by atoms with Gasteiger partial charge in [-0.25, -0.2) is 0 Å². The maximum atomic E-state index is 6.94. The van der Waals surface area contributed by atoms with Gasteiger partial charge in [0.1, 0.15) is 0 Å². The first-order valence-electron chi connectivity index (χ1n) is 6.90. The van der Waals surface area contributed by atoms with E-state index in [1.54, 1.807) is 0 Å². The number of hydrogen-bond donors (Lipinski definition) is 0. The van der Waals surface area contributed by atoms with Gasteiger partial charge in [-0.1, -0.05) is 58.7 Å². The number of benzene rings is 1. The zero-order valence-corrected chi connectivity index (χ0v) is 19.2. The van der Waals surface area contributed by atoms with Crippen LogP contribution in [0.3, 0.4) is 0 Å². The Morgan fingerprint density at radius 1 is 0.870 bits per heavy atom. The van der Waals surface area contributed by atoms with Gasteiger partial charge in [0.25, 0.3) is 0 Å². The Balaban J connectivity index is -0.000000179. The first kappa shape index (κ1) is 30.6. The Labute approximate surface area is 164 Å². The van der Waals surface area contributed by atoms with Gasteiger partial charge in [-0.2, -0.15) is 5.56 Å². The first-order valence-corrected chi connectivity index (χ1v) is 6.90. The summed E-state index contributed by atoms with van der Waals surface area (Å²) in [5.41, 5.74) is 13.8. The smallest absolute Gasteiger partial charge is 0.673 e. The minimum absolute atomic E-state index is 0. The summed E-state index contributed by atoms with van der Waals surface area (Å²) in [7, 11) is 0. The first-order chi connectivity index (χ1) is 8.52. The number of nitrogens with one attached hydrogen (secondary N) is 1. The Hall–Kier alpha value is -0.279. The fourth-order valence-electron chi connectivity index (χ4n) is 2.32. The summed E-state index contributed by atoms with van der Waals surface area (Å²) in [6.45, 7) is 16.6. The molecule has 0 saturated carbocycles. The number of hydrogen-bond acceptors (Lipinski definition) is 0. The van der Waals surface area contributed by atoms with Crippen molar-refractivity contribution < 1.29 is 21.7 Å². The third-order valence-corrected chi connectivity index (χ3v) is 3.42. The predicted octanol–water partition coefficient (Wildman–Crippen LogP) is 6.46. The minimum atomic E-state index is -0.250. The van der Waals surface area contributed by atoms with E-state index in [1.165, 1.54) is 38.6 Å². The van der Waals surface area contributed by atoms with Crippen molar-refractivity contribution in [2.24, 2.45) is 0 Å². The van der Waals surface area contributed by atoms with E-state index in [0.717, 1.165) is 0 Å². The fourth-order valence-corrected chi connectivity index (χ4v) is 2.32. The van der Waals surface area contributed by atoms with Crippen LogP contribution in [0, 0.1) is 49.5 Å². The number of aryl methyl sites for hydroxylation is 5. The molecule has 0 aromatic heterocycles. The van der Waals surface area contributed by atoms with Crippen molar-refractivity contribution in [3.8, 4) is 0 Å². The molecule has 4 radical (unpaired) electrons. The SMILES string of the molecule is CC(C)(C)[NH-].Cc1cc(C)c2c(C)c(C)[cH-]c2c1C.[CH3-].[CH3-].[Si].[Ti+4]. The molecule has 1 nitrogen and oxygen atoms in total. The van der Waals surface area contributed by atoms with Crippen LogP contribution >= 0.6 is 0 Å². The fraction of sp³-hybridized carbons (Fsp3) is 0.450. The summed E-state index contributed by atoms with van der Waals surface area (Å²) in [6.07, 6.45) is 0. The standard InChI is InChI=1S/C14H17.C4H10N.2CH3.Si.Ti/c1-8-6-10(3)14-12(5)9(2)7-13(14)11(8)4;1-4(2,3)5;;;;/h6-7H,1-5H3;5H,1-3H3;2*1H3;;/q4*-1;;+4. The van der Waals surface area contributed by atoms with Crippen LogP contribution in [0.25, 0.3) is 16.5 Å². The summed E-state index contributed by atoms with van der Waals surface area (Å²) in [5, 5.41) is 2.91. The maximum Gasteiger partial charge on any atom is 4.00 e. The normalized spacial score (nSPS) is 9.43. The Kier molecular flexibility index (Phi) is 15.0. The van der Waals surface area contributed by atoms with E-state index in [-0.39, 0.29) is 53.1 Å². The van der Waals surface area contributed by atoms with Crippen LogP contribution in [-0.2, 0) is 21.7 Å². The van der Waals surface area contributed by atoms with Crippen LogP contribution in [-0.4, -0.2) is 16.5 Å².